The zero-order chi connectivity index (χ0) is 26.9. The predicted molar refractivity (Wildman–Crippen MR) is 151 cm³/mol. The number of amides is 1. The summed E-state index contributed by atoms with van der Waals surface area (Å²) in [6.07, 6.45) is 1.74. The quantitative estimate of drug-likeness (QED) is 0.260. The zero-order valence-electron chi connectivity index (χ0n) is 22.0. The highest BCUT2D eigenvalue weighted by atomic mass is 19.1. The largest absolute Gasteiger partial charge is 0.349 e. The standard InChI is InChI=1S/C33H30FN3O/c1-21-20-27(13-17-29(21)34)24-9-7-23(8-10-24)22(2)36-32(38)33(3,4)28-15-11-25(12-16-28)30-18-14-26-6-5-19-35-31(26)37-30/h5-20,22H,1-4H3,(H,36,38)/t22-/m0/s1. The van der Waals surface area contributed by atoms with Crippen LogP contribution >= 0.6 is 0 Å². The first-order chi connectivity index (χ1) is 18.2. The molecule has 3 aromatic carbocycles. The first-order valence-electron chi connectivity index (χ1n) is 12.7. The van der Waals surface area contributed by atoms with Gasteiger partial charge in [-0.2, -0.15) is 0 Å². The molecule has 0 bridgehead atoms. The Labute approximate surface area is 222 Å². The third kappa shape index (κ3) is 5.05. The van der Waals surface area contributed by atoms with Gasteiger partial charge < -0.3 is 5.32 Å². The summed E-state index contributed by atoms with van der Waals surface area (Å²) < 4.78 is 13.6. The number of pyridine rings is 2. The number of hydrogen-bond acceptors (Lipinski definition) is 3. The first-order valence-corrected chi connectivity index (χ1v) is 12.7. The van der Waals surface area contributed by atoms with Crippen molar-refractivity contribution < 1.29 is 9.18 Å². The number of nitrogens with one attached hydrogen (secondary N) is 1. The van der Waals surface area contributed by atoms with Gasteiger partial charge in [-0.1, -0.05) is 54.6 Å². The minimum absolute atomic E-state index is 0.0518. The molecule has 0 aliphatic heterocycles. The number of aryl methyl sites for hydroxylation is 1. The topological polar surface area (TPSA) is 54.9 Å². The van der Waals surface area contributed by atoms with E-state index in [4.69, 9.17) is 0 Å². The summed E-state index contributed by atoms with van der Waals surface area (Å²) in [5.74, 6) is -0.259. The van der Waals surface area contributed by atoms with Crippen LogP contribution in [0, 0.1) is 12.7 Å². The van der Waals surface area contributed by atoms with Gasteiger partial charge in [-0.25, -0.2) is 14.4 Å². The lowest BCUT2D eigenvalue weighted by molar-refractivity contribution is -0.126. The summed E-state index contributed by atoms with van der Waals surface area (Å²) in [6.45, 7) is 7.61. The van der Waals surface area contributed by atoms with Crippen LogP contribution in [0.4, 0.5) is 4.39 Å². The fourth-order valence-corrected chi connectivity index (χ4v) is 4.55. The minimum Gasteiger partial charge on any atom is -0.349 e. The van der Waals surface area contributed by atoms with Gasteiger partial charge in [0, 0.05) is 17.1 Å². The van der Waals surface area contributed by atoms with Crippen molar-refractivity contribution in [3.63, 3.8) is 0 Å². The number of benzene rings is 3. The Kier molecular flexibility index (Phi) is 6.77. The van der Waals surface area contributed by atoms with E-state index in [1.54, 1.807) is 19.2 Å². The SMILES string of the molecule is Cc1cc(-c2ccc([C@H](C)NC(=O)C(C)(C)c3ccc(-c4ccc5cccnc5n4)cc3)cc2)ccc1F. The Hall–Kier alpha value is -4.38. The summed E-state index contributed by atoms with van der Waals surface area (Å²) >= 11 is 0. The van der Waals surface area contributed by atoms with Crippen LogP contribution in [0.3, 0.4) is 0 Å². The van der Waals surface area contributed by atoms with Gasteiger partial charge in [-0.15, -0.1) is 0 Å². The number of nitrogens with zero attached hydrogens (tertiary/aromatic N) is 2. The molecule has 1 N–H and O–H groups in total. The maximum Gasteiger partial charge on any atom is 0.230 e. The van der Waals surface area contributed by atoms with Crippen molar-refractivity contribution in [2.45, 2.75) is 39.2 Å². The maximum absolute atomic E-state index is 13.6. The lowest BCUT2D eigenvalue weighted by Crippen LogP contribution is -2.41. The fourth-order valence-electron chi connectivity index (χ4n) is 4.55. The molecule has 1 amide bonds. The van der Waals surface area contributed by atoms with Crippen molar-refractivity contribution in [3.05, 3.63) is 120 Å². The molecular formula is C33H30FN3O. The van der Waals surface area contributed by atoms with Crippen LogP contribution in [0.25, 0.3) is 33.4 Å². The van der Waals surface area contributed by atoms with Crippen molar-refractivity contribution >= 4 is 16.9 Å². The molecule has 5 heteroatoms. The molecule has 0 saturated carbocycles. The lowest BCUT2D eigenvalue weighted by Gasteiger charge is -2.27. The number of halogens is 1. The number of rotatable bonds is 6. The summed E-state index contributed by atoms with van der Waals surface area (Å²) in [6, 6.07) is 28.8. The number of carbonyl (C=O) groups is 1. The molecular weight excluding hydrogens is 473 g/mol. The second-order valence-electron chi connectivity index (χ2n) is 10.2. The third-order valence-corrected chi connectivity index (χ3v) is 7.18. The summed E-state index contributed by atoms with van der Waals surface area (Å²) in [5, 5.41) is 4.17. The van der Waals surface area contributed by atoms with Gasteiger partial charge in [0.2, 0.25) is 5.91 Å². The Morgan fingerprint density at radius 1 is 0.868 bits per heavy atom. The van der Waals surface area contributed by atoms with Crippen LogP contribution in [-0.2, 0) is 10.2 Å². The van der Waals surface area contributed by atoms with Crippen LogP contribution < -0.4 is 5.32 Å². The molecule has 0 spiro atoms. The van der Waals surface area contributed by atoms with Crippen LogP contribution in [0.5, 0.6) is 0 Å². The lowest BCUT2D eigenvalue weighted by atomic mass is 9.83. The second-order valence-corrected chi connectivity index (χ2v) is 10.2. The van der Waals surface area contributed by atoms with Gasteiger partial charge in [0.25, 0.3) is 0 Å². The zero-order valence-corrected chi connectivity index (χ0v) is 22.0. The summed E-state index contributed by atoms with van der Waals surface area (Å²) in [4.78, 5) is 22.4. The predicted octanol–water partition coefficient (Wildman–Crippen LogP) is 7.57. The van der Waals surface area contributed by atoms with Crippen molar-refractivity contribution in [2.24, 2.45) is 0 Å². The van der Waals surface area contributed by atoms with Crippen molar-refractivity contribution in [1.82, 2.24) is 15.3 Å². The highest BCUT2D eigenvalue weighted by molar-refractivity contribution is 5.88. The molecule has 0 aliphatic carbocycles. The van der Waals surface area contributed by atoms with Crippen LogP contribution in [-0.4, -0.2) is 15.9 Å². The van der Waals surface area contributed by atoms with E-state index in [1.807, 2.05) is 99.6 Å². The molecule has 190 valence electrons. The average molecular weight is 504 g/mol. The van der Waals surface area contributed by atoms with E-state index >= 15 is 0 Å². The van der Waals surface area contributed by atoms with E-state index in [0.29, 0.717) is 11.2 Å². The molecule has 1 atom stereocenters. The molecule has 0 saturated heterocycles. The molecule has 2 aromatic heterocycles. The van der Waals surface area contributed by atoms with Gasteiger partial charge in [-0.05, 0) is 91.9 Å². The van der Waals surface area contributed by atoms with Gasteiger partial charge in [-0.3, -0.25) is 4.79 Å². The Morgan fingerprint density at radius 3 is 2.26 bits per heavy atom. The Bertz CT molecular complexity index is 1610. The van der Waals surface area contributed by atoms with E-state index in [0.717, 1.165) is 38.9 Å². The molecule has 0 fully saturated rings. The molecule has 2 heterocycles. The number of hydrogen-bond donors (Lipinski definition) is 1. The minimum atomic E-state index is -0.725. The normalized spacial score (nSPS) is 12.3. The number of aromatic nitrogens is 2. The molecule has 38 heavy (non-hydrogen) atoms. The van der Waals surface area contributed by atoms with Crippen LogP contribution in [0.1, 0.15) is 43.5 Å². The van der Waals surface area contributed by atoms with Crippen molar-refractivity contribution in [1.29, 1.82) is 0 Å². The fraction of sp³-hybridized carbons (Fsp3) is 0.182. The number of carbonyl (C=O) groups excluding carboxylic acids is 1. The van der Waals surface area contributed by atoms with Crippen molar-refractivity contribution in [3.8, 4) is 22.4 Å². The molecule has 5 rings (SSSR count). The summed E-state index contributed by atoms with van der Waals surface area (Å²) in [7, 11) is 0. The van der Waals surface area contributed by atoms with E-state index in [1.165, 1.54) is 6.07 Å². The van der Waals surface area contributed by atoms with E-state index < -0.39 is 5.41 Å². The highest BCUT2D eigenvalue weighted by Crippen LogP contribution is 2.29. The molecule has 0 radical (unpaired) electrons. The van der Waals surface area contributed by atoms with Gasteiger partial charge >= 0.3 is 0 Å². The highest BCUT2D eigenvalue weighted by Gasteiger charge is 2.30. The third-order valence-electron chi connectivity index (χ3n) is 7.18. The molecule has 5 aromatic rings. The molecule has 4 nitrogen and oxygen atoms in total. The average Bonchev–Trinajstić information content (AvgIpc) is 2.94. The van der Waals surface area contributed by atoms with Crippen LogP contribution in [0.2, 0.25) is 0 Å². The van der Waals surface area contributed by atoms with E-state index in [-0.39, 0.29) is 17.8 Å². The van der Waals surface area contributed by atoms with Gasteiger partial charge in [0.05, 0.1) is 17.2 Å². The number of fused-ring (bicyclic) bond motifs is 1. The van der Waals surface area contributed by atoms with Crippen LogP contribution in [0.15, 0.2) is 97.2 Å². The Balaban J connectivity index is 1.28. The summed E-state index contributed by atoms with van der Waals surface area (Å²) in [5.41, 5.74) is 6.32. The first kappa shape index (κ1) is 25.3. The van der Waals surface area contributed by atoms with E-state index in [9.17, 15) is 9.18 Å². The smallest absolute Gasteiger partial charge is 0.230 e. The maximum atomic E-state index is 13.6. The Morgan fingerprint density at radius 2 is 1.55 bits per heavy atom. The van der Waals surface area contributed by atoms with Gasteiger partial charge in [0.15, 0.2) is 5.65 Å². The van der Waals surface area contributed by atoms with E-state index in [2.05, 4.69) is 15.3 Å². The van der Waals surface area contributed by atoms with Crippen molar-refractivity contribution in [2.75, 3.05) is 0 Å². The van der Waals surface area contributed by atoms with Gasteiger partial charge in [0.1, 0.15) is 5.82 Å². The molecule has 0 aliphatic rings. The second kappa shape index (κ2) is 10.2. The monoisotopic (exact) mass is 503 g/mol. The molecule has 0 unspecified atom stereocenters.